The van der Waals surface area contributed by atoms with Crippen LogP contribution in [-0.4, -0.2) is 44.3 Å². The number of carbonyl (C=O) groups excluding carboxylic acids is 1. The first-order valence-electron chi connectivity index (χ1n) is 10.7. The molecule has 184 valence electrons. The minimum Gasteiger partial charge on any atom is -0.497 e. The van der Waals surface area contributed by atoms with Gasteiger partial charge in [-0.05, 0) is 60.7 Å². The van der Waals surface area contributed by atoms with Crippen LogP contribution in [0.5, 0.6) is 11.5 Å². The number of hydrogen-bond acceptors (Lipinski definition) is 8. The Morgan fingerprint density at radius 2 is 1.81 bits per heavy atom. The Morgan fingerprint density at radius 3 is 2.53 bits per heavy atom. The van der Waals surface area contributed by atoms with Crippen LogP contribution < -0.4 is 19.1 Å². The van der Waals surface area contributed by atoms with Gasteiger partial charge in [0.1, 0.15) is 16.5 Å². The topological polar surface area (TPSA) is 111 Å². The highest BCUT2D eigenvalue weighted by Gasteiger charge is 2.37. The van der Waals surface area contributed by atoms with E-state index in [2.05, 4.69) is 15.5 Å². The number of nitrogens with one attached hydrogen (secondary N) is 1. The van der Waals surface area contributed by atoms with Crippen molar-refractivity contribution in [2.45, 2.75) is 11.0 Å². The smallest absolute Gasteiger partial charge is 0.269 e. The number of hydrogen-bond donors (Lipinski definition) is 1. The van der Waals surface area contributed by atoms with E-state index in [1.54, 1.807) is 43.5 Å². The summed E-state index contributed by atoms with van der Waals surface area (Å²) in [6.07, 6.45) is -1.12. The summed E-state index contributed by atoms with van der Waals surface area (Å²) >= 11 is 7.11. The van der Waals surface area contributed by atoms with Gasteiger partial charge in [0.25, 0.3) is 15.9 Å². The lowest BCUT2D eigenvalue weighted by atomic mass is 10.2. The van der Waals surface area contributed by atoms with Gasteiger partial charge >= 0.3 is 0 Å². The number of rotatable bonds is 6. The maximum Gasteiger partial charge on any atom is 0.269 e. The van der Waals surface area contributed by atoms with E-state index in [1.807, 2.05) is 12.1 Å². The Balaban J connectivity index is 1.38. The van der Waals surface area contributed by atoms with Crippen molar-refractivity contribution >= 4 is 49.7 Å². The normalized spacial score (nSPS) is 15.1. The summed E-state index contributed by atoms with van der Waals surface area (Å²) in [7, 11) is -2.41. The van der Waals surface area contributed by atoms with E-state index >= 15 is 0 Å². The van der Waals surface area contributed by atoms with E-state index in [-0.39, 0.29) is 22.3 Å². The van der Waals surface area contributed by atoms with Crippen LogP contribution >= 0.6 is 22.9 Å². The van der Waals surface area contributed by atoms with Crippen LogP contribution in [0, 0.1) is 0 Å². The number of anilines is 2. The van der Waals surface area contributed by atoms with Gasteiger partial charge in [0.2, 0.25) is 5.13 Å². The largest absolute Gasteiger partial charge is 0.497 e. The molecule has 2 heterocycles. The second kappa shape index (κ2) is 9.76. The zero-order chi connectivity index (χ0) is 25.3. The molecular weight excluding hydrogens is 524 g/mol. The van der Waals surface area contributed by atoms with Crippen molar-refractivity contribution in [2.24, 2.45) is 0 Å². The molecule has 1 atom stereocenters. The molecule has 5 rings (SSSR count). The molecule has 4 aromatic rings. The van der Waals surface area contributed by atoms with E-state index in [0.717, 1.165) is 5.56 Å². The Morgan fingerprint density at radius 1 is 1.08 bits per heavy atom. The lowest BCUT2D eigenvalue weighted by Gasteiger charge is -2.34. The van der Waals surface area contributed by atoms with Gasteiger partial charge in [-0.1, -0.05) is 35.1 Å². The second-order valence-electron chi connectivity index (χ2n) is 7.69. The number of para-hydroxylation sites is 2. The van der Waals surface area contributed by atoms with E-state index in [1.165, 1.54) is 39.9 Å². The minimum absolute atomic E-state index is 0.0519. The number of carbonyl (C=O) groups is 1. The first-order valence-corrected chi connectivity index (χ1v) is 13.3. The minimum atomic E-state index is -3.99. The molecular formula is C24H19ClN4O5S2. The monoisotopic (exact) mass is 542 g/mol. The van der Waals surface area contributed by atoms with Crippen molar-refractivity contribution in [3.05, 3.63) is 77.8 Å². The molecule has 36 heavy (non-hydrogen) atoms. The fourth-order valence-corrected chi connectivity index (χ4v) is 5.96. The van der Waals surface area contributed by atoms with Crippen molar-refractivity contribution in [2.75, 3.05) is 23.3 Å². The van der Waals surface area contributed by atoms with Crippen molar-refractivity contribution in [1.82, 2.24) is 10.2 Å². The van der Waals surface area contributed by atoms with Crippen LogP contribution in [0.4, 0.5) is 10.8 Å². The average molecular weight is 543 g/mol. The zero-order valence-electron chi connectivity index (χ0n) is 18.8. The molecule has 0 aliphatic carbocycles. The Labute approximate surface area is 216 Å². The number of ether oxygens (including phenoxy) is 2. The van der Waals surface area contributed by atoms with Gasteiger partial charge < -0.3 is 9.47 Å². The Bertz CT molecular complexity index is 1510. The highest BCUT2D eigenvalue weighted by atomic mass is 35.5. The van der Waals surface area contributed by atoms with Gasteiger partial charge in [-0.2, -0.15) is 0 Å². The summed E-state index contributed by atoms with van der Waals surface area (Å²) in [5.41, 5.74) is 1.16. The van der Waals surface area contributed by atoms with E-state index in [4.69, 9.17) is 21.1 Å². The molecule has 0 unspecified atom stereocenters. The number of fused-ring (bicyclic) bond motifs is 1. The molecule has 1 aliphatic heterocycles. The van der Waals surface area contributed by atoms with Crippen LogP contribution in [0.15, 0.2) is 77.7 Å². The van der Waals surface area contributed by atoms with Crippen molar-refractivity contribution in [3.8, 4) is 22.1 Å². The third kappa shape index (κ3) is 4.72. The van der Waals surface area contributed by atoms with Crippen LogP contribution in [0.25, 0.3) is 10.6 Å². The Kier molecular flexibility index (Phi) is 6.52. The highest BCUT2D eigenvalue weighted by molar-refractivity contribution is 7.92. The maximum atomic E-state index is 13.5. The summed E-state index contributed by atoms with van der Waals surface area (Å²) in [6.45, 7) is -0.224. The summed E-state index contributed by atoms with van der Waals surface area (Å²) in [4.78, 5) is 13.2. The summed E-state index contributed by atoms with van der Waals surface area (Å²) in [6, 6.07) is 19.8. The lowest BCUT2D eigenvalue weighted by molar-refractivity contribution is -0.122. The first kappa shape index (κ1) is 24.0. The molecule has 0 radical (unpaired) electrons. The number of aromatic nitrogens is 2. The van der Waals surface area contributed by atoms with Crippen LogP contribution in [0.1, 0.15) is 0 Å². The molecule has 0 saturated heterocycles. The molecule has 3 aromatic carbocycles. The number of methoxy groups -OCH3 is 1. The third-order valence-corrected chi connectivity index (χ3v) is 8.35. The van der Waals surface area contributed by atoms with Crippen LogP contribution in [-0.2, 0) is 14.8 Å². The zero-order valence-corrected chi connectivity index (χ0v) is 21.2. The summed E-state index contributed by atoms with van der Waals surface area (Å²) in [5.74, 6) is 0.445. The van der Waals surface area contributed by atoms with Gasteiger partial charge in [-0.25, -0.2) is 8.42 Å². The molecule has 0 fully saturated rings. The van der Waals surface area contributed by atoms with Crippen LogP contribution in [0.2, 0.25) is 5.02 Å². The SMILES string of the molecule is COc1ccc(-c2nnc(NC(=O)[C@@H]3CN(S(=O)(=O)c4ccc(Cl)cc4)c4ccccc4O3)s2)cc1. The van der Waals surface area contributed by atoms with Gasteiger partial charge in [0, 0.05) is 10.6 Å². The van der Waals surface area contributed by atoms with Gasteiger partial charge in [0.15, 0.2) is 6.10 Å². The van der Waals surface area contributed by atoms with E-state index in [0.29, 0.717) is 21.5 Å². The second-order valence-corrected chi connectivity index (χ2v) is 11.0. The molecule has 1 amide bonds. The quantitative estimate of drug-likeness (QED) is 0.383. The van der Waals surface area contributed by atoms with Crippen molar-refractivity contribution < 1.29 is 22.7 Å². The number of halogens is 1. The first-order chi connectivity index (χ1) is 17.3. The molecule has 1 aliphatic rings. The third-order valence-electron chi connectivity index (χ3n) is 5.42. The molecule has 1 aromatic heterocycles. The fraction of sp³-hybridized carbons (Fsp3) is 0.125. The average Bonchev–Trinajstić information content (AvgIpc) is 3.36. The number of benzene rings is 3. The van der Waals surface area contributed by atoms with Gasteiger partial charge in [-0.3, -0.25) is 14.4 Å². The molecule has 1 N–H and O–H groups in total. The molecule has 0 bridgehead atoms. The number of sulfonamides is 1. The van der Waals surface area contributed by atoms with E-state index in [9.17, 15) is 13.2 Å². The summed E-state index contributed by atoms with van der Waals surface area (Å²) in [5, 5.41) is 12.2. The predicted molar refractivity (Wildman–Crippen MR) is 137 cm³/mol. The molecule has 12 heteroatoms. The lowest BCUT2D eigenvalue weighted by Crippen LogP contribution is -2.48. The van der Waals surface area contributed by atoms with Gasteiger partial charge in [0.05, 0.1) is 24.2 Å². The van der Waals surface area contributed by atoms with Crippen molar-refractivity contribution in [1.29, 1.82) is 0 Å². The fourth-order valence-electron chi connectivity index (χ4n) is 3.61. The number of nitrogens with zero attached hydrogens (tertiary/aromatic N) is 3. The predicted octanol–water partition coefficient (Wildman–Crippen LogP) is 4.46. The summed E-state index contributed by atoms with van der Waals surface area (Å²) < 4.78 is 39.1. The van der Waals surface area contributed by atoms with E-state index < -0.39 is 22.0 Å². The highest BCUT2D eigenvalue weighted by Crippen LogP contribution is 2.37. The standard InChI is InChI=1S/C24H19ClN4O5S2/c1-33-17-10-6-15(7-11-17)23-27-28-24(35-23)26-22(30)21-14-29(19-4-2-3-5-20(19)34-21)36(31,32)18-12-8-16(25)9-13-18/h2-13,21H,14H2,1H3,(H,26,28,30)/t21-/m0/s1. The van der Waals surface area contributed by atoms with Crippen molar-refractivity contribution in [3.63, 3.8) is 0 Å². The number of amides is 1. The maximum absolute atomic E-state index is 13.5. The Hall–Kier alpha value is -3.67. The molecule has 0 spiro atoms. The van der Waals surface area contributed by atoms with Gasteiger partial charge in [-0.15, -0.1) is 10.2 Å². The van der Waals surface area contributed by atoms with Crippen LogP contribution in [0.3, 0.4) is 0 Å². The molecule has 9 nitrogen and oxygen atoms in total. The molecule has 0 saturated carbocycles.